The second-order valence-corrected chi connectivity index (χ2v) is 4.47. The minimum absolute atomic E-state index is 0.745. The van der Waals surface area contributed by atoms with Crippen LogP contribution in [0.1, 0.15) is 18.2 Å². The van der Waals surface area contributed by atoms with Crippen LogP contribution in [0.25, 0.3) is 22.7 Å². The Hall–Kier alpha value is -2.17. The molecule has 0 radical (unpaired) electrons. The highest BCUT2D eigenvalue weighted by atomic mass is 15.3. The molecule has 0 aliphatic carbocycles. The van der Waals surface area contributed by atoms with Crippen LogP contribution in [0.2, 0.25) is 0 Å². The second-order valence-electron chi connectivity index (χ2n) is 4.47. The van der Waals surface area contributed by atoms with Crippen molar-refractivity contribution in [1.82, 2.24) is 24.7 Å². The summed E-state index contributed by atoms with van der Waals surface area (Å²) in [5.74, 6) is 0.817. The van der Waals surface area contributed by atoms with Crippen molar-refractivity contribution in [3.8, 4) is 11.5 Å². The van der Waals surface area contributed by atoms with E-state index in [9.17, 15) is 0 Å². The van der Waals surface area contributed by atoms with Crippen molar-refractivity contribution in [3.05, 3.63) is 29.6 Å². The lowest BCUT2D eigenvalue weighted by Crippen LogP contribution is -1.95. The van der Waals surface area contributed by atoms with E-state index in [0.717, 1.165) is 40.4 Å². The number of rotatable bonds is 2. The molecule has 0 fully saturated rings. The Labute approximate surface area is 105 Å². The minimum atomic E-state index is 0.745. The van der Waals surface area contributed by atoms with Crippen LogP contribution in [-0.2, 0) is 13.5 Å². The van der Waals surface area contributed by atoms with Gasteiger partial charge in [-0.1, -0.05) is 6.92 Å². The Kier molecular flexibility index (Phi) is 2.40. The molecule has 0 atom stereocenters. The molecule has 0 aromatic carbocycles. The molecule has 18 heavy (non-hydrogen) atoms. The van der Waals surface area contributed by atoms with Gasteiger partial charge in [-0.2, -0.15) is 5.10 Å². The molecule has 0 amide bonds. The first-order valence-corrected chi connectivity index (χ1v) is 6.03. The van der Waals surface area contributed by atoms with Crippen LogP contribution in [0.4, 0.5) is 0 Å². The van der Waals surface area contributed by atoms with Gasteiger partial charge in [0.15, 0.2) is 11.5 Å². The standard InChI is InChI=1S/C13H15N5/c1-4-9-6-11(18(3)17-9)13-15-10-5-8(2)7-14-12(10)16-13/h5-7H,4H2,1-3H3,(H,14,15,16). The first kappa shape index (κ1) is 11.0. The third-order valence-corrected chi connectivity index (χ3v) is 3.01. The lowest BCUT2D eigenvalue weighted by atomic mass is 10.3. The van der Waals surface area contributed by atoms with Gasteiger partial charge < -0.3 is 4.98 Å². The molecule has 0 unspecified atom stereocenters. The molecule has 0 aliphatic rings. The summed E-state index contributed by atoms with van der Waals surface area (Å²) in [5.41, 5.74) is 4.88. The van der Waals surface area contributed by atoms with Crippen molar-refractivity contribution in [2.75, 3.05) is 0 Å². The van der Waals surface area contributed by atoms with Crippen molar-refractivity contribution in [1.29, 1.82) is 0 Å². The van der Waals surface area contributed by atoms with Crippen LogP contribution in [0.5, 0.6) is 0 Å². The smallest absolute Gasteiger partial charge is 0.178 e. The molecular weight excluding hydrogens is 226 g/mol. The second kappa shape index (κ2) is 3.94. The predicted octanol–water partition coefficient (Wildman–Crippen LogP) is 2.23. The average Bonchev–Trinajstić information content (AvgIpc) is 2.91. The van der Waals surface area contributed by atoms with Crippen molar-refractivity contribution >= 4 is 11.2 Å². The molecule has 0 bridgehead atoms. The predicted molar refractivity (Wildman–Crippen MR) is 70.2 cm³/mol. The van der Waals surface area contributed by atoms with Gasteiger partial charge in [-0.3, -0.25) is 4.68 Å². The normalized spacial score (nSPS) is 11.3. The Morgan fingerprint density at radius 1 is 1.33 bits per heavy atom. The van der Waals surface area contributed by atoms with Gasteiger partial charge in [-0.15, -0.1) is 0 Å². The largest absolute Gasteiger partial charge is 0.335 e. The van der Waals surface area contributed by atoms with Gasteiger partial charge in [0.2, 0.25) is 0 Å². The fraction of sp³-hybridized carbons (Fsp3) is 0.308. The molecule has 0 spiro atoms. The van der Waals surface area contributed by atoms with Crippen molar-refractivity contribution in [3.63, 3.8) is 0 Å². The number of imidazole rings is 1. The third-order valence-electron chi connectivity index (χ3n) is 3.01. The first-order chi connectivity index (χ1) is 8.67. The summed E-state index contributed by atoms with van der Waals surface area (Å²) < 4.78 is 1.85. The van der Waals surface area contributed by atoms with E-state index in [2.05, 4.69) is 39.1 Å². The lowest BCUT2D eigenvalue weighted by Gasteiger charge is -1.95. The van der Waals surface area contributed by atoms with Crippen LogP contribution in [0.15, 0.2) is 18.3 Å². The van der Waals surface area contributed by atoms with Crippen molar-refractivity contribution in [2.24, 2.45) is 7.05 Å². The Morgan fingerprint density at radius 3 is 2.89 bits per heavy atom. The highest BCUT2D eigenvalue weighted by molar-refractivity contribution is 5.75. The molecule has 3 aromatic rings. The molecule has 0 saturated carbocycles. The third kappa shape index (κ3) is 1.68. The Bertz CT molecular complexity index is 707. The molecule has 1 N–H and O–H groups in total. The maximum Gasteiger partial charge on any atom is 0.178 e. The number of fused-ring (bicyclic) bond motifs is 1. The molecule has 3 heterocycles. The van der Waals surface area contributed by atoms with Gasteiger partial charge in [-0.25, -0.2) is 9.97 Å². The number of hydrogen-bond acceptors (Lipinski definition) is 3. The van der Waals surface area contributed by atoms with Gasteiger partial charge >= 0.3 is 0 Å². The van der Waals surface area contributed by atoms with Gasteiger partial charge in [0.05, 0.1) is 11.2 Å². The molecule has 3 aromatic heterocycles. The molecular formula is C13H15N5. The number of aryl methyl sites for hydroxylation is 3. The summed E-state index contributed by atoms with van der Waals surface area (Å²) in [5, 5.41) is 4.43. The monoisotopic (exact) mass is 241 g/mol. The van der Waals surface area contributed by atoms with E-state index in [1.165, 1.54) is 0 Å². The van der Waals surface area contributed by atoms with E-state index in [1.54, 1.807) is 0 Å². The van der Waals surface area contributed by atoms with Gasteiger partial charge in [0, 0.05) is 13.2 Å². The maximum absolute atomic E-state index is 4.51. The van der Waals surface area contributed by atoms with Crippen molar-refractivity contribution in [2.45, 2.75) is 20.3 Å². The lowest BCUT2D eigenvalue weighted by molar-refractivity contribution is 0.749. The zero-order valence-corrected chi connectivity index (χ0v) is 10.7. The molecule has 5 heteroatoms. The van der Waals surface area contributed by atoms with Crippen LogP contribution in [0.3, 0.4) is 0 Å². The molecule has 3 rings (SSSR count). The highest BCUT2D eigenvalue weighted by Crippen LogP contribution is 2.20. The summed E-state index contributed by atoms with van der Waals surface area (Å²) in [6.45, 7) is 4.11. The number of nitrogens with zero attached hydrogens (tertiary/aromatic N) is 4. The van der Waals surface area contributed by atoms with Gasteiger partial charge in [-0.05, 0) is 31.0 Å². The van der Waals surface area contributed by atoms with Crippen LogP contribution >= 0.6 is 0 Å². The van der Waals surface area contributed by atoms with E-state index in [0.29, 0.717) is 0 Å². The average molecular weight is 241 g/mol. The number of H-pyrrole nitrogens is 1. The van der Waals surface area contributed by atoms with Crippen LogP contribution < -0.4 is 0 Å². The highest BCUT2D eigenvalue weighted by Gasteiger charge is 2.11. The van der Waals surface area contributed by atoms with Gasteiger partial charge in [0.25, 0.3) is 0 Å². The Morgan fingerprint density at radius 2 is 2.17 bits per heavy atom. The zero-order chi connectivity index (χ0) is 12.7. The van der Waals surface area contributed by atoms with E-state index < -0.39 is 0 Å². The van der Waals surface area contributed by atoms with Crippen LogP contribution in [0, 0.1) is 6.92 Å². The Balaban J connectivity index is 2.15. The molecule has 0 aliphatic heterocycles. The van der Waals surface area contributed by atoms with Crippen LogP contribution in [-0.4, -0.2) is 24.7 Å². The molecule has 5 nitrogen and oxygen atoms in total. The number of aromatic nitrogens is 5. The summed E-state index contributed by atoms with van der Waals surface area (Å²) in [6, 6.07) is 4.11. The van der Waals surface area contributed by atoms with E-state index in [-0.39, 0.29) is 0 Å². The van der Waals surface area contributed by atoms with Gasteiger partial charge in [0.1, 0.15) is 5.69 Å². The fourth-order valence-corrected chi connectivity index (χ4v) is 2.05. The fourth-order valence-electron chi connectivity index (χ4n) is 2.05. The molecule has 0 saturated heterocycles. The quantitative estimate of drug-likeness (QED) is 0.748. The van der Waals surface area contributed by atoms with E-state index in [4.69, 9.17) is 0 Å². The summed E-state index contributed by atoms with van der Waals surface area (Å²) in [4.78, 5) is 12.1. The number of hydrogen-bond donors (Lipinski definition) is 1. The number of nitrogens with one attached hydrogen (secondary N) is 1. The van der Waals surface area contributed by atoms with E-state index >= 15 is 0 Å². The van der Waals surface area contributed by atoms with E-state index in [1.807, 2.05) is 24.9 Å². The number of pyridine rings is 1. The minimum Gasteiger partial charge on any atom is -0.335 e. The molecule has 92 valence electrons. The summed E-state index contributed by atoms with van der Waals surface area (Å²) in [6.07, 6.45) is 2.75. The topological polar surface area (TPSA) is 59.4 Å². The number of aromatic amines is 1. The maximum atomic E-state index is 4.51. The summed E-state index contributed by atoms with van der Waals surface area (Å²) in [7, 11) is 1.93. The summed E-state index contributed by atoms with van der Waals surface area (Å²) >= 11 is 0. The zero-order valence-electron chi connectivity index (χ0n) is 10.7. The first-order valence-electron chi connectivity index (χ1n) is 6.03. The SMILES string of the molecule is CCc1cc(-c2nc3ncc(C)cc3[nH]2)n(C)n1. The van der Waals surface area contributed by atoms with Crippen molar-refractivity contribution < 1.29 is 0 Å².